The minimum absolute atomic E-state index is 0.0719. The molecule has 0 amide bonds. The molecule has 1 aromatic rings. The number of nitrogens with one attached hydrogen (secondary N) is 1. The summed E-state index contributed by atoms with van der Waals surface area (Å²) in [6, 6.07) is 4.35. The monoisotopic (exact) mass is 303 g/mol. The Morgan fingerprint density at radius 1 is 1.47 bits per heavy atom. The maximum atomic E-state index is 12.3. The number of piperidine rings is 1. The quantitative estimate of drug-likeness (QED) is 0.825. The molecule has 5 nitrogen and oxygen atoms in total. The van der Waals surface area contributed by atoms with Gasteiger partial charge in [0.15, 0.2) is 0 Å². The summed E-state index contributed by atoms with van der Waals surface area (Å²) in [6.45, 7) is 1.71. The summed E-state index contributed by atoms with van der Waals surface area (Å²) < 4.78 is 27.3. The van der Waals surface area contributed by atoms with Crippen LogP contribution >= 0.6 is 11.6 Å². The number of sulfonamides is 1. The van der Waals surface area contributed by atoms with E-state index < -0.39 is 10.0 Å². The number of rotatable bonds is 3. The van der Waals surface area contributed by atoms with Crippen LogP contribution in [-0.2, 0) is 10.0 Å². The predicted molar refractivity (Wildman–Crippen MR) is 76.7 cm³/mol. The van der Waals surface area contributed by atoms with Crippen LogP contribution in [0.4, 0.5) is 5.69 Å². The third-order valence-electron chi connectivity index (χ3n) is 3.19. The number of likely N-dealkylation sites (tertiary alicyclic amines) is 1. The Balaban J connectivity index is 2.18. The lowest BCUT2D eigenvalue weighted by Crippen LogP contribution is -2.46. The smallest absolute Gasteiger partial charge is 0.242 e. The molecule has 19 heavy (non-hydrogen) atoms. The fraction of sp³-hybridized carbons (Fsp3) is 0.500. The maximum Gasteiger partial charge on any atom is 0.242 e. The Bertz CT molecular complexity index is 562. The molecule has 1 aliphatic rings. The van der Waals surface area contributed by atoms with E-state index in [1.807, 2.05) is 7.05 Å². The average Bonchev–Trinajstić information content (AvgIpc) is 2.27. The maximum absolute atomic E-state index is 12.3. The summed E-state index contributed by atoms with van der Waals surface area (Å²) in [5, 5.41) is 0.150. The molecule has 3 N–H and O–H groups in total. The Morgan fingerprint density at radius 2 is 2.21 bits per heavy atom. The van der Waals surface area contributed by atoms with Crippen molar-refractivity contribution >= 4 is 27.3 Å². The molecule has 0 radical (unpaired) electrons. The molecular weight excluding hydrogens is 286 g/mol. The molecule has 1 atom stereocenters. The van der Waals surface area contributed by atoms with E-state index in [-0.39, 0.29) is 16.0 Å². The van der Waals surface area contributed by atoms with Crippen LogP contribution in [0.2, 0.25) is 5.02 Å². The standard InChI is InChI=1S/C12H18ClN3O2S/c1-16-6-2-3-10(8-16)15-19(17,18)12-5-4-9(14)7-11(12)13/h4-5,7,10,15H,2-3,6,8,14H2,1H3. The first-order valence-electron chi connectivity index (χ1n) is 6.14. The summed E-state index contributed by atoms with van der Waals surface area (Å²) >= 11 is 5.95. The summed E-state index contributed by atoms with van der Waals surface area (Å²) in [4.78, 5) is 2.19. The van der Waals surface area contributed by atoms with Gasteiger partial charge in [-0.2, -0.15) is 0 Å². The molecule has 1 aliphatic heterocycles. The summed E-state index contributed by atoms with van der Waals surface area (Å²) in [7, 11) is -1.61. The number of nitrogen functional groups attached to an aromatic ring is 1. The van der Waals surface area contributed by atoms with Gasteiger partial charge in [0.25, 0.3) is 0 Å². The van der Waals surface area contributed by atoms with Crippen molar-refractivity contribution in [2.24, 2.45) is 0 Å². The van der Waals surface area contributed by atoms with Crippen LogP contribution < -0.4 is 10.5 Å². The third-order valence-corrected chi connectivity index (χ3v) is 5.20. The SMILES string of the molecule is CN1CCCC(NS(=O)(=O)c2ccc(N)cc2Cl)C1. The Kier molecular flexibility index (Phi) is 4.35. The highest BCUT2D eigenvalue weighted by molar-refractivity contribution is 7.89. The van der Waals surface area contributed by atoms with Gasteiger partial charge in [-0.15, -0.1) is 0 Å². The molecule has 1 heterocycles. The number of nitrogens with zero attached hydrogens (tertiary/aromatic N) is 1. The molecule has 1 unspecified atom stereocenters. The van der Waals surface area contributed by atoms with Crippen LogP contribution in [0.5, 0.6) is 0 Å². The number of hydrogen-bond donors (Lipinski definition) is 2. The van der Waals surface area contributed by atoms with Gasteiger partial charge >= 0.3 is 0 Å². The van der Waals surface area contributed by atoms with Crippen molar-refractivity contribution in [3.05, 3.63) is 23.2 Å². The van der Waals surface area contributed by atoms with E-state index in [4.69, 9.17) is 17.3 Å². The van der Waals surface area contributed by atoms with E-state index in [9.17, 15) is 8.42 Å². The fourth-order valence-electron chi connectivity index (χ4n) is 2.28. The first-order chi connectivity index (χ1) is 8.88. The number of nitrogens with two attached hydrogens (primary N) is 1. The summed E-state index contributed by atoms with van der Waals surface area (Å²) in [5.74, 6) is 0. The van der Waals surface area contributed by atoms with E-state index in [0.717, 1.165) is 19.4 Å². The van der Waals surface area contributed by atoms with Crippen molar-refractivity contribution in [2.45, 2.75) is 23.8 Å². The highest BCUT2D eigenvalue weighted by atomic mass is 35.5. The molecular formula is C12H18ClN3O2S. The molecule has 1 saturated heterocycles. The number of benzene rings is 1. The van der Waals surface area contributed by atoms with Crippen molar-refractivity contribution in [3.8, 4) is 0 Å². The molecule has 0 spiro atoms. The molecule has 0 aromatic heterocycles. The Morgan fingerprint density at radius 3 is 2.84 bits per heavy atom. The van der Waals surface area contributed by atoms with Gasteiger partial charge < -0.3 is 10.6 Å². The lowest BCUT2D eigenvalue weighted by molar-refractivity contribution is 0.242. The number of hydrogen-bond acceptors (Lipinski definition) is 4. The molecule has 0 bridgehead atoms. The molecule has 106 valence electrons. The number of halogens is 1. The number of anilines is 1. The van der Waals surface area contributed by atoms with Gasteiger partial charge in [-0.1, -0.05) is 11.6 Å². The topological polar surface area (TPSA) is 75.4 Å². The van der Waals surface area contributed by atoms with Crippen LogP contribution in [0.25, 0.3) is 0 Å². The van der Waals surface area contributed by atoms with Gasteiger partial charge in [0.1, 0.15) is 4.90 Å². The van der Waals surface area contributed by atoms with E-state index in [1.165, 1.54) is 18.2 Å². The second-order valence-electron chi connectivity index (χ2n) is 4.91. The van der Waals surface area contributed by atoms with Crippen molar-refractivity contribution in [1.29, 1.82) is 0 Å². The van der Waals surface area contributed by atoms with Gasteiger partial charge in [-0.05, 0) is 44.6 Å². The molecule has 0 aliphatic carbocycles. The van der Waals surface area contributed by atoms with E-state index in [2.05, 4.69) is 9.62 Å². The zero-order valence-corrected chi connectivity index (χ0v) is 12.3. The van der Waals surface area contributed by atoms with Gasteiger partial charge in [0.05, 0.1) is 5.02 Å². The van der Waals surface area contributed by atoms with Crippen LogP contribution in [0, 0.1) is 0 Å². The highest BCUT2D eigenvalue weighted by Crippen LogP contribution is 2.24. The van der Waals surface area contributed by atoms with Crippen molar-refractivity contribution in [1.82, 2.24) is 9.62 Å². The zero-order valence-electron chi connectivity index (χ0n) is 10.8. The zero-order chi connectivity index (χ0) is 14.0. The van der Waals surface area contributed by atoms with E-state index in [1.54, 1.807) is 0 Å². The Labute approximate surface area is 118 Å². The third kappa shape index (κ3) is 3.60. The average molecular weight is 304 g/mol. The molecule has 7 heteroatoms. The van der Waals surface area contributed by atoms with Crippen molar-refractivity contribution in [2.75, 3.05) is 25.9 Å². The lowest BCUT2D eigenvalue weighted by Gasteiger charge is -2.30. The first-order valence-corrected chi connectivity index (χ1v) is 8.00. The molecule has 0 saturated carbocycles. The van der Waals surface area contributed by atoms with Crippen molar-refractivity contribution < 1.29 is 8.42 Å². The highest BCUT2D eigenvalue weighted by Gasteiger charge is 2.25. The minimum Gasteiger partial charge on any atom is -0.399 e. The largest absolute Gasteiger partial charge is 0.399 e. The summed E-state index contributed by atoms with van der Waals surface area (Å²) in [6.07, 6.45) is 1.83. The van der Waals surface area contributed by atoms with E-state index >= 15 is 0 Å². The molecule has 1 fully saturated rings. The van der Waals surface area contributed by atoms with Gasteiger partial charge in [0.2, 0.25) is 10.0 Å². The van der Waals surface area contributed by atoms with Gasteiger partial charge in [-0.3, -0.25) is 0 Å². The predicted octanol–water partition coefficient (Wildman–Crippen LogP) is 1.29. The molecule has 1 aromatic carbocycles. The van der Waals surface area contributed by atoms with Crippen LogP contribution in [-0.4, -0.2) is 39.5 Å². The summed E-state index contributed by atoms with van der Waals surface area (Å²) in [5.41, 5.74) is 6.01. The van der Waals surface area contributed by atoms with Gasteiger partial charge in [-0.25, -0.2) is 13.1 Å². The normalized spacial score (nSPS) is 21.5. The minimum atomic E-state index is -3.59. The molecule has 2 rings (SSSR count). The van der Waals surface area contributed by atoms with Crippen LogP contribution in [0.1, 0.15) is 12.8 Å². The van der Waals surface area contributed by atoms with Gasteiger partial charge in [0, 0.05) is 18.3 Å². The van der Waals surface area contributed by atoms with Crippen molar-refractivity contribution in [3.63, 3.8) is 0 Å². The second-order valence-corrected chi connectivity index (χ2v) is 7.00. The second kappa shape index (κ2) is 5.66. The number of likely N-dealkylation sites (N-methyl/N-ethyl adjacent to an activating group) is 1. The Hall–Kier alpha value is -0.820. The fourth-order valence-corrected chi connectivity index (χ4v) is 4.10. The first kappa shape index (κ1) is 14.6. The van der Waals surface area contributed by atoms with Crippen LogP contribution in [0.3, 0.4) is 0 Å². The van der Waals surface area contributed by atoms with E-state index in [0.29, 0.717) is 12.2 Å². The van der Waals surface area contributed by atoms with Crippen LogP contribution in [0.15, 0.2) is 23.1 Å². The lowest BCUT2D eigenvalue weighted by atomic mass is 10.1.